The van der Waals surface area contributed by atoms with Crippen molar-refractivity contribution in [3.8, 4) is 0 Å². The third-order valence-electron chi connectivity index (χ3n) is 4.92. The van der Waals surface area contributed by atoms with Crippen LogP contribution in [0, 0.1) is 11.8 Å². The van der Waals surface area contributed by atoms with Gasteiger partial charge in [0.25, 0.3) is 5.91 Å². The quantitative estimate of drug-likeness (QED) is 0.590. The number of para-hydroxylation sites is 1. The molecule has 2 unspecified atom stereocenters. The molecule has 0 aliphatic rings. The molecule has 0 saturated heterocycles. The molecule has 2 aromatic rings. The number of aliphatic carboxylic acids is 1. The Kier molecular flexibility index (Phi) is 7.95. The number of hydrogen-bond donors (Lipinski definition) is 3. The van der Waals surface area contributed by atoms with Crippen molar-refractivity contribution in [2.75, 3.05) is 5.32 Å². The molecular formula is C23H28N2O4. The first-order valence-electron chi connectivity index (χ1n) is 9.74. The average Bonchev–Trinajstić information content (AvgIpc) is 2.68. The van der Waals surface area contributed by atoms with Crippen LogP contribution in [0.2, 0.25) is 0 Å². The summed E-state index contributed by atoms with van der Waals surface area (Å²) in [5.41, 5.74) is 1.76. The SMILES string of the molecule is CC(NC(=O)c1ccccc1NC(=O)CC(CC(=O)O)C(C)C)c1ccccc1. The number of hydrogen-bond acceptors (Lipinski definition) is 3. The van der Waals surface area contributed by atoms with Gasteiger partial charge in [-0.25, -0.2) is 0 Å². The zero-order valence-corrected chi connectivity index (χ0v) is 17.0. The molecular weight excluding hydrogens is 368 g/mol. The number of nitrogens with one attached hydrogen (secondary N) is 2. The van der Waals surface area contributed by atoms with Gasteiger partial charge in [-0.1, -0.05) is 56.3 Å². The third kappa shape index (κ3) is 6.75. The van der Waals surface area contributed by atoms with Crippen molar-refractivity contribution < 1.29 is 19.5 Å². The van der Waals surface area contributed by atoms with Gasteiger partial charge in [0.15, 0.2) is 0 Å². The fourth-order valence-corrected chi connectivity index (χ4v) is 3.10. The van der Waals surface area contributed by atoms with Crippen LogP contribution in [-0.2, 0) is 9.59 Å². The molecule has 0 fully saturated rings. The standard InChI is InChI=1S/C23H28N2O4/c1-15(2)18(14-22(27)28)13-21(26)25-20-12-8-7-11-19(20)23(29)24-16(3)17-9-5-4-6-10-17/h4-12,15-16,18H,13-14H2,1-3H3,(H,24,29)(H,25,26)(H,27,28). The van der Waals surface area contributed by atoms with Gasteiger partial charge in [-0.2, -0.15) is 0 Å². The highest BCUT2D eigenvalue weighted by atomic mass is 16.4. The first-order valence-corrected chi connectivity index (χ1v) is 9.74. The molecule has 2 aromatic carbocycles. The number of carboxylic acid groups (broad SMARTS) is 1. The van der Waals surface area contributed by atoms with Crippen molar-refractivity contribution in [1.82, 2.24) is 5.32 Å². The maximum Gasteiger partial charge on any atom is 0.303 e. The molecule has 0 aliphatic carbocycles. The molecule has 0 saturated carbocycles. The number of carbonyl (C=O) groups excluding carboxylic acids is 2. The van der Waals surface area contributed by atoms with Crippen LogP contribution in [0.4, 0.5) is 5.69 Å². The van der Waals surface area contributed by atoms with Crippen molar-refractivity contribution >= 4 is 23.5 Å². The van der Waals surface area contributed by atoms with Crippen molar-refractivity contribution in [3.63, 3.8) is 0 Å². The largest absolute Gasteiger partial charge is 0.481 e. The number of anilines is 1. The second kappa shape index (κ2) is 10.4. The summed E-state index contributed by atoms with van der Waals surface area (Å²) < 4.78 is 0. The van der Waals surface area contributed by atoms with E-state index >= 15 is 0 Å². The van der Waals surface area contributed by atoms with Crippen molar-refractivity contribution in [2.45, 2.75) is 39.7 Å². The van der Waals surface area contributed by atoms with Gasteiger partial charge in [0.2, 0.25) is 5.91 Å². The predicted molar refractivity (Wildman–Crippen MR) is 113 cm³/mol. The Hall–Kier alpha value is -3.15. The second-order valence-electron chi connectivity index (χ2n) is 7.51. The molecule has 29 heavy (non-hydrogen) atoms. The molecule has 0 spiro atoms. The van der Waals surface area contributed by atoms with E-state index in [2.05, 4.69) is 10.6 Å². The van der Waals surface area contributed by atoms with E-state index in [4.69, 9.17) is 5.11 Å². The van der Waals surface area contributed by atoms with Gasteiger partial charge in [0.05, 0.1) is 17.3 Å². The van der Waals surface area contributed by atoms with E-state index < -0.39 is 5.97 Å². The number of rotatable bonds is 9. The number of carboxylic acids is 1. The van der Waals surface area contributed by atoms with E-state index in [1.165, 1.54) is 0 Å². The minimum absolute atomic E-state index is 0.0575. The fourth-order valence-electron chi connectivity index (χ4n) is 3.10. The summed E-state index contributed by atoms with van der Waals surface area (Å²) in [6.07, 6.45) is 0.0160. The maximum atomic E-state index is 12.8. The lowest BCUT2D eigenvalue weighted by molar-refractivity contribution is -0.138. The van der Waals surface area contributed by atoms with Gasteiger partial charge in [0.1, 0.15) is 0 Å². The summed E-state index contributed by atoms with van der Waals surface area (Å²) in [5, 5.41) is 14.8. The molecule has 0 aliphatic heterocycles. The molecule has 0 bridgehead atoms. The highest BCUT2D eigenvalue weighted by Crippen LogP contribution is 2.22. The van der Waals surface area contributed by atoms with Crippen LogP contribution in [0.3, 0.4) is 0 Å². The molecule has 6 heteroatoms. The van der Waals surface area contributed by atoms with Gasteiger partial charge in [-0.3, -0.25) is 14.4 Å². The number of carbonyl (C=O) groups is 3. The monoisotopic (exact) mass is 396 g/mol. The molecule has 2 atom stereocenters. The van der Waals surface area contributed by atoms with Crippen molar-refractivity contribution in [1.29, 1.82) is 0 Å². The normalized spacial score (nSPS) is 12.8. The van der Waals surface area contributed by atoms with E-state index in [0.29, 0.717) is 11.3 Å². The van der Waals surface area contributed by atoms with Crippen LogP contribution in [-0.4, -0.2) is 22.9 Å². The lowest BCUT2D eigenvalue weighted by Gasteiger charge is -2.19. The zero-order valence-electron chi connectivity index (χ0n) is 17.0. The smallest absolute Gasteiger partial charge is 0.303 e. The number of amides is 2. The highest BCUT2D eigenvalue weighted by Gasteiger charge is 2.22. The van der Waals surface area contributed by atoms with Gasteiger partial charge in [0, 0.05) is 12.8 Å². The summed E-state index contributed by atoms with van der Waals surface area (Å²) >= 11 is 0. The summed E-state index contributed by atoms with van der Waals surface area (Å²) in [6.45, 7) is 5.69. The molecule has 0 radical (unpaired) electrons. The van der Waals surface area contributed by atoms with E-state index in [9.17, 15) is 14.4 Å². The maximum absolute atomic E-state index is 12.8. The summed E-state index contributed by atoms with van der Waals surface area (Å²) in [4.78, 5) is 36.3. The Morgan fingerprint density at radius 3 is 2.14 bits per heavy atom. The first kappa shape index (κ1) is 22.1. The van der Waals surface area contributed by atoms with Gasteiger partial charge >= 0.3 is 5.97 Å². The van der Waals surface area contributed by atoms with Crippen molar-refractivity contribution in [3.05, 3.63) is 65.7 Å². The Morgan fingerprint density at radius 1 is 0.897 bits per heavy atom. The minimum atomic E-state index is -0.925. The Balaban J connectivity index is 2.08. The van der Waals surface area contributed by atoms with Crippen LogP contribution >= 0.6 is 0 Å². The topological polar surface area (TPSA) is 95.5 Å². The molecule has 0 aromatic heterocycles. The summed E-state index contributed by atoms with van der Waals surface area (Å²) in [7, 11) is 0. The molecule has 2 rings (SSSR count). The van der Waals surface area contributed by atoms with E-state index in [0.717, 1.165) is 5.56 Å². The first-order chi connectivity index (χ1) is 13.8. The summed E-state index contributed by atoms with van der Waals surface area (Å²) in [5.74, 6) is -1.73. The Morgan fingerprint density at radius 2 is 1.52 bits per heavy atom. The minimum Gasteiger partial charge on any atom is -0.481 e. The highest BCUT2D eigenvalue weighted by molar-refractivity contribution is 6.03. The van der Waals surface area contributed by atoms with Gasteiger partial charge in [-0.15, -0.1) is 0 Å². The van der Waals surface area contributed by atoms with Gasteiger partial charge < -0.3 is 15.7 Å². The van der Waals surface area contributed by atoms with E-state index in [1.54, 1.807) is 24.3 Å². The van der Waals surface area contributed by atoms with Crippen molar-refractivity contribution in [2.24, 2.45) is 11.8 Å². The second-order valence-corrected chi connectivity index (χ2v) is 7.51. The predicted octanol–water partition coefficient (Wildman–Crippen LogP) is 4.25. The van der Waals surface area contributed by atoms with Crippen LogP contribution in [0.15, 0.2) is 54.6 Å². The lowest BCUT2D eigenvalue weighted by atomic mass is 9.89. The fraction of sp³-hybridized carbons (Fsp3) is 0.348. The van der Waals surface area contributed by atoms with Crippen LogP contribution < -0.4 is 10.6 Å². The molecule has 0 heterocycles. The van der Waals surface area contributed by atoms with Crippen LogP contribution in [0.25, 0.3) is 0 Å². The molecule has 6 nitrogen and oxygen atoms in total. The summed E-state index contributed by atoms with van der Waals surface area (Å²) in [6, 6.07) is 16.2. The van der Waals surface area contributed by atoms with E-state index in [-0.39, 0.29) is 42.5 Å². The molecule has 2 amide bonds. The molecule has 154 valence electrons. The number of benzene rings is 2. The lowest BCUT2D eigenvalue weighted by Crippen LogP contribution is -2.28. The average molecular weight is 396 g/mol. The Labute approximate surface area is 171 Å². The van der Waals surface area contributed by atoms with E-state index in [1.807, 2.05) is 51.1 Å². The van der Waals surface area contributed by atoms with Crippen LogP contribution in [0.1, 0.15) is 55.6 Å². The van der Waals surface area contributed by atoms with Crippen LogP contribution in [0.5, 0.6) is 0 Å². The Bertz CT molecular complexity index is 849. The molecule has 3 N–H and O–H groups in total. The zero-order chi connectivity index (χ0) is 21.4. The third-order valence-corrected chi connectivity index (χ3v) is 4.92. The van der Waals surface area contributed by atoms with Gasteiger partial charge in [-0.05, 0) is 36.5 Å².